The first kappa shape index (κ1) is 15.6. The minimum Gasteiger partial charge on any atom is -0.411 e. The summed E-state index contributed by atoms with van der Waals surface area (Å²) in [6.07, 6.45) is 0. The van der Waals surface area contributed by atoms with Crippen LogP contribution in [0.1, 0.15) is 11.1 Å². The van der Waals surface area contributed by atoms with E-state index in [9.17, 15) is 4.39 Å². The molecule has 2 aromatic rings. The van der Waals surface area contributed by atoms with Crippen LogP contribution in [0, 0.1) is 12.7 Å². The van der Waals surface area contributed by atoms with Crippen LogP contribution in [-0.4, -0.2) is 16.7 Å². The standard InChI is InChI=1S/C13H10Cl2FNOS2/c1-7-4-8(16)2-3-11(7)19-6-10(17-18)9-5-12(14)20-13(9)15/h2-5,18H,6H2,1H3/b17-10-. The molecule has 0 atom stereocenters. The molecule has 0 aliphatic heterocycles. The monoisotopic (exact) mass is 349 g/mol. The molecule has 0 amide bonds. The van der Waals surface area contributed by atoms with Crippen LogP contribution in [0.5, 0.6) is 0 Å². The fraction of sp³-hybridized carbons (Fsp3) is 0.154. The third kappa shape index (κ3) is 3.67. The first-order chi connectivity index (χ1) is 9.51. The molecule has 0 spiro atoms. The van der Waals surface area contributed by atoms with Crippen molar-refractivity contribution in [3.8, 4) is 0 Å². The highest BCUT2D eigenvalue weighted by Gasteiger charge is 2.14. The molecular weight excluding hydrogens is 340 g/mol. The summed E-state index contributed by atoms with van der Waals surface area (Å²) in [4.78, 5) is 0.921. The second-order valence-corrected chi connectivity index (χ2v) is 7.29. The zero-order chi connectivity index (χ0) is 14.7. The van der Waals surface area contributed by atoms with E-state index >= 15 is 0 Å². The Morgan fingerprint density at radius 2 is 2.15 bits per heavy atom. The zero-order valence-electron chi connectivity index (χ0n) is 10.4. The van der Waals surface area contributed by atoms with Gasteiger partial charge in [0.2, 0.25) is 0 Å². The molecule has 0 aliphatic rings. The van der Waals surface area contributed by atoms with Gasteiger partial charge in [-0.15, -0.1) is 23.1 Å². The number of benzene rings is 1. The minimum absolute atomic E-state index is 0.268. The lowest BCUT2D eigenvalue weighted by atomic mass is 10.2. The summed E-state index contributed by atoms with van der Waals surface area (Å²) < 4.78 is 14.1. The van der Waals surface area contributed by atoms with E-state index in [0.29, 0.717) is 25.7 Å². The molecule has 1 aromatic carbocycles. The third-order valence-electron chi connectivity index (χ3n) is 2.59. The van der Waals surface area contributed by atoms with Crippen molar-refractivity contribution in [3.63, 3.8) is 0 Å². The molecule has 0 radical (unpaired) electrons. The van der Waals surface area contributed by atoms with Crippen LogP contribution >= 0.6 is 46.3 Å². The maximum Gasteiger partial charge on any atom is 0.123 e. The van der Waals surface area contributed by atoms with Gasteiger partial charge in [0.25, 0.3) is 0 Å². The molecule has 0 saturated heterocycles. The maximum atomic E-state index is 13.0. The number of nitrogens with zero attached hydrogens (tertiary/aromatic N) is 1. The highest BCUT2D eigenvalue weighted by atomic mass is 35.5. The van der Waals surface area contributed by atoms with Gasteiger partial charge in [-0.2, -0.15) is 0 Å². The van der Waals surface area contributed by atoms with Crippen molar-refractivity contribution in [1.82, 2.24) is 0 Å². The molecule has 0 aliphatic carbocycles. The van der Waals surface area contributed by atoms with E-state index in [1.807, 2.05) is 6.92 Å². The molecule has 0 unspecified atom stereocenters. The fourth-order valence-corrected chi connectivity index (χ4v) is 4.08. The van der Waals surface area contributed by atoms with E-state index in [4.69, 9.17) is 28.4 Å². The highest BCUT2D eigenvalue weighted by Crippen LogP contribution is 2.33. The topological polar surface area (TPSA) is 32.6 Å². The molecule has 1 aromatic heterocycles. The Bertz CT molecular complexity index is 658. The molecule has 20 heavy (non-hydrogen) atoms. The Morgan fingerprint density at radius 1 is 1.40 bits per heavy atom. The number of halogens is 3. The Kier molecular flexibility index (Phi) is 5.32. The lowest BCUT2D eigenvalue weighted by Gasteiger charge is -2.06. The van der Waals surface area contributed by atoms with Crippen LogP contribution in [-0.2, 0) is 0 Å². The second kappa shape index (κ2) is 6.80. The van der Waals surface area contributed by atoms with Crippen molar-refractivity contribution in [1.29, 1.82) is 0 Å². The lowest BCUT2D eigenvalue weighted by Crippen LogP contribution is -2.04. The van der Waals surface area contributed by atoms with Crippen LogP contribution in [0.3, 0.4) is 0 Å². The molecule has 2 rings (SSSR count). The van der Waals surface area contributed by atoms with Crippen LogP contribution < -0.4 is 0 Å². The van der Waals surface area contributed by atoms with Gasteiger partial charge in [-0.25, -0.2) is 4.39 Å². The van der Waals surface area contributed by atoms with Crippen molar-refractivity contribution in [2.24, 2.45) is 5.16 Å². The molecule has 0 bridgehead atoms. The van der Waals surface area contributed by atoms with Crippen molar-refractivity contribution in [2.75, 3.05) is 5.75 Å². The first-order valence-corrected chi connectivity index (χ1v) is 8.12. The quantitative estimate of drug-likeness (QED) is 0.343. The van der Waals surface area contributed by atoms with Crippen molar-refractivity contribution >= 4 is 52.0 Å². The van der Waals surface area contributed by atoms with E-state index in [1.54, 1.807) is 12.1 Å². The van der Waals surface area contributed by atoms with Gasteiger partial charge in [0.1, 0.15) is 10.2 Å². The molecule has 1 heterocycles. The van der Waals surface area contributed by atoms with Crippen molar-refractivity contribution in [2.45, 2.75) is 11.8 Å². The normalized spacial score (nSPS) is 11.9. The number of aryl methyl sites for hydroxylation is 1. The van der Waals surface area contributed by atoms with Crippen LogP contribution in [0.2, 0.25) is 8.67 Å². The molecular formula is C13H10Cl2FNOS2. The van der Waals surface area contributed by atoms with Gasteiger partial charge in [-0.05, 0) is 36.8 Å². The second-order valence-electron chi connectivity index (χ2n) is 3.98. The zero-order valence-corrected chi connectivity index (χ0v) is 13.5. The van der Waals surface area contributed by atoms with E-state index < -0.39 is 0 Å². The SMILES string of the molecule is Cc1cc(F)ccc1SC/C(=N/O)c1cc(Cl)sc1Cl. The molecule has 7 heteroatoms. The third-order valence-corrected chi connectivity index (χ3v) is 5.26. The molecule has 2 nitrogen and oxygen atoms in total. The van der Waals surface area contributed by atoms with Gasteiger partial charge >= 0.3 is 0 Å². The highest BCUT2D eigenvalue weighted by molar-refractivity contribution is 8.00. The van der Waals surface area contributed by atoms with E-state index in [-0.39, 0.29) is 5.82 Å². The van der Waals surface area contributed by atoms with Gasteiger partial charge in [0.05, 0.1) is 10.0 Å². The minimum atomic E-state index is -0.268. The van der Waals surface area contributed by atoms with E-state index in [1.165, 1.54) is 35.2 Å². The van der Waals surface area contributed by atoms with Gasteiger partial charge in [-0.1, -0.05) is 28.4 Å². The van der Waals surface area contributed by atoms with Gasteiger partial charge < -0.3 is 5.21 Å². The fourth-order valence-electron chi connectivity index (χ4n) is 1.62. The number of oxime groups is 1. The lowest BCUT2D eigenvalue weighted by molar-refractivity contribution is 0.319. The average Bonchev–Trinajstić information content (AvgIpc) is 2.72. The average molecular weight is 350 g/mol. The number of hydrogen-bond donors (Lipinski definition) is 1. The Balaban J connectivity index is 2.14. The van der Waals surface area contributed by atoms with Crippen LogP contribution in [0.4, 0.5) is 4.39 Å². The molecule has 1 N–H and O–H groups in total. The smallest absolute Gasteiger partial charge is 0.123 e. The summed E-state index contributed by atoms with van der Waals surface area (Å²) in [5.41, 5.74) is 1.89. The summed E-state index contributed by atoms with van der Waals surface area (Å²) in [5.74, 6) is 0.144. The summed E-state index contributed by atoms with van der Waals surface area (Å²) in [6, 6.07) is 6.24. The van der Waals surface area contributed by atoms with Crippen molar-refractivity contribution in [3.05, 3.63) is 49.9 Å². The predicted octanol–water partition coefficient (Wildman–Crippen LogP) is 5.47. The first-order valence-electron chi connectivity index (χ1n) is 5.56. The predicted molar refractivity (Wildman–Crippen MR) is 84.5 cm³/mol. The van der Waals surface area contributed by atoms with Crippen LogP contribution in [0.15, 0.2) is 34.3 Å². The van der Waals surface area contributed by atoms with E-state index in [2.05, 4.69) is 5.16 Å². The van der Waals surface area contributed by atoms with Crippen LogP contribution in [0.25, 0.3) is 0 Å². The Hall–Kier alpha value is -0.750. The summed E-state index contributed by atoms with van der Waals surface area (Å²) in [7, 11) is 0. The number of thioether (sulfide) groups is 1. The Labute approximate surface area is 134 Å². The van der Waals surface area contributed by atoms with Gasteiger partial charge in [0.15, 0.2) is 0 Å². The van der Waals surface area contributed by atoms with Gasteiger partial charge in [0, 0.05) is 16.2 Å². The Morgan fingerprint density at radius 3 is 2.70 bits per heavy atom. The molecule has 0 saturated carbocycles. The number of thiophene rings is 1. The molecule has 0 fully saturated rings. The van der Waals surface area contributed by atoms with E-state index in [0.717, 1.165) is 10.5 Å². The molecule has 106 valence electrons. The number of rotatable bonds is 4. The summed E-state index contributed by atoms with van der Waals surface area (Å²) >= 11 is 14.6. The van der Waals surface area contributed by atoms with Crippen molar-refractivity contribution < 1.29 is 9.60 Å². The van der Waals surface area contributed by atoms with Gasteiger partial charge in [-0.3, -0.25) is 0 Å². The largest absolute Gasteiger partial charge is 0.411 e. The number of hydrogen-bond acceptors (Lipinski definition) is 4. The maximum absolute atomic E-state index is 13.0. The summed E-state index contributed by atoms with van der Waals surface area (Å²) in [6.45, 7) is 1.83. The summed E-state index contributed by atoms with van der Waals surface area (Å²) in [5, 5.41) is 12.4.